The third-order valence-electron chi connectivity index (χ3n) is 5.75. The predicted octanol–water partition coefficient (Wildman–Crippen LogP) is 5.20. The molecule has 0 aliphatic carbocycles. The molecule has 13 heteroatoms. The van der Waals surface area contributed by atoms with Gasteiger partial charge < -0.3 is 14.0 Å². The van der Waals surface area contributed by atoms with Crippen LogP contribution in [0.5, 0.6) is 11.5 Å². The Bertz CT molecular complexity index is 1820. The molecule has 3 aromatic carbocycles. The maximum absolute atomic E-state index is 15.4. The number of rotatable bonds is 8. The molecule has 0 saturated carbocycles. The van der Waals surface area contributed by atoms with Gasteiger partial charge in [0.25, 0.3) is 15.6 Å². The van der Waals surface area contributed by atoms with Gasteiger partial charge in [0.2, 0.25) is 0 Å². The molecular weight excluding hydrogens is 539 g/mol. The van der Waals surface area contributed by atoms with Gasteiger partial charge in [0, 0.05) is 29.1 Å². The fourth-order valence-electron chi connectivity index (χ4n) is 4.02. The van der Waals surface area contributed by atoms with E-state index in [1.165, 1.54) is 84.7 Å². The first-order valence-electron chi connectivity index (χ1n) is 11.2. The van der Waals surface area contributed by atoms with Crippen LogP contribution in [0.15, 0.2) is 93.3 Å². The molecule has 0 aliphatic heterocycles. The fraction of sp³-hybridized carbons (Fsp3) is 0.0769. The third kappa shape index (κ3) is 5.16. The summed E-state index contributed by atoms with van der Waals surface area (Å²) in [5, 5.41) is 3.90. The molecule has 5 rings (SSSR count). The Balaban J connectivity index is 1.58. The molecule has 200 valence electrons. The van der Waals surface area contributed by atoms with Gasteiger partial charge in [-0.3, -0.25) is 14.1 Å². The molecule has 0 radical (unpaired) electrons. The zero-order valence-electron chi connectivity index (χ0n) is 20.0. The van der Waals surface area contributed by atoms with Crippen molar-refractivity contribution in [3.8, 4) is 28.3 Å². The molecule has 2 aromatic heterocycles. The fourth-order valence-corrected chi connectivity index (χ4v) is 5.05. The molecule has 0 atom stereocenters. The van der Waals surface area contributed by atoms with E-state index in [4.69, 9.17) is 4.74 Å². The molecule has 0 amide bonds. The number of anilines is 1. The average molecular weight is 558 g/mol. The summed E-state index contributed by atoms with van der Waals surface area (Å²) in [7, 11) is -2.68. The first kappa shape index (κ1) is 25.9. The van der Waals surface area contributed by atoms with E-state index in [0.717, 1.165) is 6.07 Å². The number of fused-ring (bicyclic) bond motifs is 1. The van der Waals surface area contributed by atoms with Gasteiger partial charge in [-0.2, -0.15) is 8.78 Å². The van der Waals surface area contributed by atoms with Crippen LogP contribution in [0.3, 0.4) is 0 Å². The molecule has 0 saturated heterocycles. The number of ether oxygens (including phenoxy) is 2. The molecule has 5 aromatic rings. The Kier molecular flexibility index (Phi) is 6.74. The van der Waals surface area contributed by atoms with Crippen molar-refractivity contribution < 1.29 is 35.6 Å². The van der Waals surface area contributed by atoms with E-state index in [9.17, 15) is 22.0 Å². The summed E-state index contributed by atoms with van der Waals surface area (Å²) >= 11 is 0. The molecule has 0 aliphatic rings. The largest absolute Gasteiger partial charge is 0.495 e. The lowest BCUT2D eigenvalue weighted by molar-refractivity contribution is -0.0498. The summed E-state index contributed by atoms with van der Waals surface area (Å²) in [5.74, 6) is -0.666. The molecule has 9 nitrogen and oxygen atoms in total. The number of methoxy groups -OCH3 is 1. The van der Waals surface area contributed by atoms with Gasteiger partial charge in [-0.15, -0.1) is 0 Å². The van der Waals surface area contributed by atoms with Crippen molar-refractivity contribution >= 4 is 26.7 Å². The minimum absolute atomic E-state index is 0.00319. The molecule has 0 bridgehead atoms. The number of nitrogens with one attached hydrogen (secondary N) is 1. The summed E-state index contributed by atoms with van der Waals surface area (Å²) in [6.07, 6.45) is 1.21. The van der Waals surface area contributed by atoms with Crippen LogP contribution >= 0.6 is 0 Å². The topological polar surface area (TPSA) is 113 Å². The van der Waals surface area contributed by atoms with E-state index in [-0.39, 0.29) is 33.5 Å². The van der Waals surface area contributed by atoms with Crippen molar-refractivity contribution in [3.63, 3.8) is 0 Å². The first-order valence-corrected chi connectivity index (χ1v) is 12.7. The van der Waals surface area contributed by atoms with Crippen LogP contribution in [0.1, 0.15) is 0 Å². The van der Waals surface area contributed by atoms with Crippen molar-refractivity contribution in [3.05, 3.63) is 95.2 Å². The smallest absolute Gasteiger partial charge is 0.387 e. The summed E-state index contributed by atoms with van der Waals surface area (Å²) in [6, 6.07) is 15.9. The highest BCUT2D eigenvalue weighted by Gasteiger charge is 2.20. The van der Waals surface area contributed by atoms with Gasteiger partial charge in [-0.05, 0) is 48.0 Å². The van der Waals surface area contributed by atoms with Gasteiger partial charge >= 0.3 is 6.61 Å². The monoisotopic (exact) mass is 557 g/mol. The normalized spacial score (nSPS) is 11.6. The Morgan fingerprint density at radius 3 is 2.44 bits per heavy atom. The van der Waals surface area contributed by atoms with Crippen LogP contribution in [-0.2, 0) is 10.0 Å². The first-order chi connectivity index (χ1) is 18.7. The van der Waals surface area contributed by atoms with E-state index in [0.29, 0.717) is 16.5 Å². The van der Waals surface area contributed by atoms with Crippen molar-refractivity contribution in [1.29, 1.82) is 0 Å². The zero-order valence-corrected chi connectivity index (χ0v) is 20.8. The second-order valence-electron chi connectivity index (χ2n) is 8.12. The second kappa shape index (κ2) is 10.2. The molecule has 2 heterocycles. The Labute approximate surface area is 219 Å². The van der Waals surface area contributed by atoms with Gasteiger partial charge in [-0.1, -0.05) is 17.3 Å². The minimum atomic E-state index is -4.02. The van der Waals surface area contributed by atoms with Crippen LogP contribution in [0.4, 0.5) is 19.0 Å². The van der Waals surface area contributed by atoms with Crippen molar-refractivity contribution in [1.82, 2.24) is 9.72 Å². The van der Waals surface area contributed by atoms with Gasteiger partial charge in [0.05, 0.1) is 23.2 Å². The van der Waals surface area contributed by atoms with Crippen molar-refractivity contribution in [2.45, 2.75) is 11.5 Å². The third-order valence-corrected chi connectivity index (χ3v) is 7.11. The van der Waals surface area contributed by atoms with E-state index in [1.807, 2.05) is 0 Å². The van der Waals surface area contributed by atoms with Crippen LogP contribution in [0.25, 0.3) is 27.7 Å². The predicted molar refractivity (Wildman–Crippen MR) is 135 cm³/mol. The highest BCUT2D eigenvalue weighted by atomic mass is 32.2. The number of hydrogen-bond acceptors (Lipinski definition) is 7. The Morgan fingerprint density at radius 1 is 1.00 bits per heavy atom. The number of halogens is 3. The number of benzene rings is 3. The average Bonchev–Trinajstić information content (AvgIpc) is 3.41. The molecule has 1 N–H and O–H groups in total. The lowest BCUT2D eigenvalue weighted by Crippen LogP contribution is -2.19. The number of sulfonamides is 1. The van der Waals surface area contributed by atoms with E-state index < -0.39 is 28.0 Å². The number of alkyl halides is 2. The van der Waals surface area contributed by atoms with Crippen LogP contribution in [0, 0.1) is 5.82 Å². The molecule has 0 unspecified atom stereocenters. The lowest BCUT2D eigenvalue weighted by Gasteiger charge is -2.17. The number of nitrogens with zero attached hydrogens (tertiary/aromatic N) is 2. The summed E-state index contributed by atoms with van der Waals surface area (Å²) in [4.78, 5) is 12.8. The molecule has 39 heavy (non-hydrogen) atoms. The summed E-state index contributed by atoms with van der Waals surface area (Å²) in [6.45, 7) is -2.99. The number of aromatic nitrogens is 2. The van der Waals surface area contributed by atoms with Crippen LogP contribution in [-0.4, -0.2) is 31.9 Å². The van der Waals surface area contributed by atoms with E-state index in [1.54, 1.807) is 0 Å². The van der Waals surface area contributed by atoms with Crippen molar-refractivity contribution in [2.75, 3.05) is 11.8 Å². The highest BCUT2D eigenvalue weighted by molar-refractivity contribution is 7.92. The maximum atomic E-state index is 15.4. The van der Waals surface area contributed by atoms with Gasteiger partial charge in [0.15, 0.2) is 5.82 Å². The molecule has 0 fully saturated rings. The SMILES string of the molecule is COc1cc(-c2ccc(OC(F)F)cc2)c(F)cc1-n1c(=O)ccc2cc(S(=O)(=O)Nc3ccon3)ccc21. The highest BCUT2D eigenvalue weighted by Crippen LogP contribution is 2.34. The lowest BCUT2D eigenvalue weighted by atomic mass is 10.0. The molecule has 0 spiro atoms. The van der Waals surface area contributed by atoms with Crippen LogP contribution in [0.2, 0.25) is 0 Å². The van der Waals surface area contributed by atoms with Gasteiger partial charge in [0.1, 0.15) is 23.6 Å². The van der Waals surface area contributed by atoms with Crippen LogP contribution < -0.4 is 19.8 Å². The summed E-state index contributed by atoms with van der Waals surface area (Å²) < 4.78 is 83.7. The minimum Gasteiger partial charge on any atom is -0.495 e. The quantitative estimate of drug-likeness (QED) is 0.279. The maximum Gasteiger partial charge on any atom is 0.387 e. The standard InChI is InChI=1S/C26H18F3N3O6S/c1-36-23-13-19(15-2-5-17(6-3-15)38-26(28)29)20(27)14-22(23)32-21-8-7-18(12-16(21)4-9-25(32)33)39(34,35)31-24-10-11-37-30-24/h2-14,26H,1H3,(H,30,31). The van der Waals surface area contributed by atoms with E-state index >= 15 is 4.39 Å². The van der Waals surface area contributed by atoms with E-state index in [2.05, 4.69) is 19.1 Å². The van der Waals surface area contributed by atoms with Crippen molar-refractivity contribution in [2.24, 2.45) is 0 Å². The number of hydrogen-bond donors (Lipinski definition) is 1. The Hall–Kier alpha value is -4.78. The van der Waals surface area contributed by atoms with Gasteiger partial charge in [-0.25, -0.2) is 12.8 Å². The second-order valence-corrected chi connectivity index (χ2v) is 9.81. The molecular formula is C26H18F3N3O6S. The zero-order chi connectivity index (χ0) is 27.7. The number of pyridine rings is 1. The summed E-state index contributed by atoms with van der Waals surface area (Å²) in [5.41, 5.74) is 0.307. The Morgan fingerprint density at radius 2 is 1.77 bits per heavy atom.